The van der Waals surface area contributed by atoms with E-state index in [0.717, 1.165) is 10.8 Å². The molecule has 15 heavy (non-hydrogen) atoms. The topological polar surface area (TPSA) is 50.2 Å². The summed E-state index contributed by atoms with van der Waals surface area (Å²) in [5.74, 6) is 0. The van der Waals surface area contributed by atoms with Crippen molar-refractivity contribution >= 4 is 17.1 Å². The largest absolute Gasteiger partial charge is 0.378 e. The highest BCUT2D eigenvalue weighted by Crippen LogP contribution is 2.26. The van der Waals surface area contributed by atoms with Crippen molar-refractivity contribution in [3.8, 4) is 0 Å². The van der Waals surface area contributed by atoms with Crippen LogP contribution in [0.3, 0.4) is 0 Å². The highest BCUT2D eigenvalue weighted by Gasteiger charge is 2.23. The van der Waals surface area contributed by atoms with Gasteiger partial charge in [-0.15, -0.1) is 0 Å². The summed E-state index contributed by atoms with van der Waals surface area (Å²) in [6, 6.07) is 7.24. The molecule has 0 aliphatic rings. The highest BCUT2D eigenvalue weighted by atomic mass is 16.3. The predicted molar refractivity (Wildman–Crippen MR) is 57.4 cm³/mol. The van der Waals surface area contributed by atoms with Crippen LogP contribution in [-0.2, 0) is 10.4 Å². The van der Waals surface area contributed by atoms with E-state index in [1.54, 1.807) is 30.6 Å². The van der Waals surface area contributed by atoms with E-state index in [1.807, 2.05) is 6.07 Å². The minimum atomic E-state index is -1.44. The fourth-order valence-electron chi connectivity index (χ4n) is 1.63. The van der Waals surface area contributed by atoms with E-state index in [9.17, 15) is 9.90 Å². The van der Waals surface area contributed by atoms with Crippen LogP contribution in [0, 0.1) is 0 Å². The molecule has 3 heteroatoms. The lowest BCUT2D eigenvalue weighted by molar-refractivity contribution is -0.123. The number of carbonyl (C=O) groups excluding carboxylic acids is 1. The molecule has 0 bridgehead atoms. The number of nitrogens with zero attached hydrogens (tertiary/aromatic N) is 1. The second-order valence-electron chi connectivity index (χ2n) is 3.67. The maximum absolute atomic E-state index is 10.8. The first-order chi connectivity index (χ1) is 7.15. The summed E-state index contributed by atoms with van der Waals surface area (Å²) < 4.78 is 0. The van der Waals surface area contributed by atoms with Crippen LogP contribution >= 0.6 is 0 Å². The Morgan fingerprint density at radius 3 is 2.93 bits per heavy atom. The van der Waals surface area contributed by atoms with Gasteiger partial charge < -0.3 is 5.11 Å². The van der Waals surface area contributed by atoms with Crippen LogP contribution in [0.1, 0.15) is 12.5 Å². The first kappa shape index (κ1) is 9.80. The van der Waals surface area contributed by atoms with E-state index in [-0.39, 0.29) is 0 Å². The van der Waals surface area contributed by atoms with Gasteiger partial charge >= 0.3 is 0 Å². The average molecular weight is 201 g/mol. The molecule has 1 aromatic carbocycles. The van der Waals surface area contributed by atoms with Crippen molar-refractivity contribution in [3.05, 3.63) is 42.2 Å². The molecule has 0 amide bonds. The molecule has 1 aromatic heterocycles. The van der Waals surface area contributed by atoms with Crippen LogP contribution in [0.4, 0.5) is 0 Å². The van der Waals surface area contributed by atoms with Crippen molar-refractivity contribution in [2.75, 3.05) is 0 Å². The molecule has 0 spiro atoms. The zero-order valence-electron chi connectivity index (χ0n) is 8.34. The van der Waals surface area contributed by atoms with Crippen molar-refractivity contribution in [2.45, 2.75) is 12.5 Å². The molecule has 0 aliphatic heterocycles. The molecule has 1 heterocycles. The Balaban J connectivity index is 2.76. The fraction of sp³-hybridized carbons (Fsp3) is 0.167. The summed E-state index contributed by atoms with van der Waals surface area (Å²) in [6.07, 6.45) is 3.90. The summed E-state index contributed by atoms with van der Waals surface area (Å²) in [7, 11) is 0. The highest BCUT2D eigenvalue weighted by molar-refractivity contribution is 5.88. The molecule has 76 valence electrons. The number of benzene rings is 1. The van der Waals surface area contributed by atoms with Gasteiger partial charge in [0.25, 0.3) is 0 Å². The first-order valence-electron chi connectivity index (χ1n) is 4.67. The maximum Gasteiger partial charge on any atom is 0.155 e. The smallest absolute Gasteiger partial charge is 0.155 e. The number of rotatable bonds is 2. The van der Waals surface area contributed by atoms with Gasteiger partial charge in [-0.25, -0.2) is 0 Å². The third kappa shape index (κ3) is 1.62. The van der Waals surface area contributed by atoms with Gasteiger partial charge in [-0.1, -0.05) is 18.2 Å². The zero-order chi connectivity index (χ0) is 10.9. The molecule has 1 unspecified atom stereocenters. The molecular weight excluding hydrogens is 190 g/mol. The van der Waals surface area contributed by atoms with Crippen LogP contribution in [0.15, 0.2) is 36.7 Å². The number of aliphatic hydroxyl groups is 1. The predicted octanol–water partition coefficient (Wildman–Crippen LogP) is 1.64. The van der Waals surface area contributed by atoms with Crippen LogP contribution in [0.25, 0.3) is 10.8 Å². The van der Waals surface area contributed by atoms with Crippen molar-refractivity contribution in [2.24, 2.45) is 0 Å². The summed E-state index contributed by atoms with van der Waals surface area (Å²) in [5.41, 5.74) is -0.835. The summed E-state index contributed by atoms with van der Waals surface area (Å²) in [4.78, 5) is 14.8. The van der Waals surface area contributed by atoms with Gasteiger partial charge in [0.15, 0.2) is 6.29 Å². The third-order valence-corrected chi connectivity index (χ3v) is 2.46. The maximum atomic E-state index is 10.8. The zero-order valence-corrected chi connectivity index (χ0v) is 8.34. The Morgan fingerprint density at radius 2 is 2.20 bits per heavy atom. The summed E-state index contributed by atoms with van der Waals surface area (Å²) in [6.45, 7) is 1.48. The number of hydrogen-bond acceptors (Lipinski definition) is 3. The lowest BCUT2D eigenvalue weighted by Crippen LogP contribution is -2.22. The number of pyridine rings is 1. The number of fused-ring (bicyclic) bond motifs is 1. The molecule has 0 saturated heterocycles. The van der Waals surface area contributed by atoms with E-state index >= 15 is 0 Å². The fourth-order valence-corrected chi connectivity index (χ4v) is 1.63. The van der Waals surface area contributed by atoms with E-state index in [2.05, 4.69) is 4.98 Å². The molecule has 2 rings (SSSR count). The Kier molecular flexibility index (Phi) is 2.25. The number of carbonyl (C=O) groups is 1. The quantitative estimate of drug-likeness (QED) is 0.751. The van der Waals surface area contributed by atoms with E-state index in [1.165, 1.54) is 6.92 Å². The molecule has 0 fully saturated rings. The molecule has 2 aromatic rings. The first-order valence-corrected chi connectivity index (χ1v) is 4.67. The van der Waals surface area contributed by atoms with Gasteiger partial charge in [0.1, 0.15) is 5.60 Å². The number of aromatic nitrogens is 1. The van der Waals surface area contributed by atoms with Crippen molar-refractivity contribution in [3.63, 3.8) is 0 Å². The third-order valence-electron chi connectivity index (χ3n) is 2.46. The number of aldehydes is 1. The SMILES string of the molecule is CC(O)(C=O)c1cccc2cnccc12. The Morgan fingerprint density at radius 1 is 1.40 bits per heavy atom. The van der Waals surface area contributed by atoms with Gasteiger partial charge in [0.05, 0.1) is 0 Å². The molecule has 0 saturated carbocycles. The van der Waals surface area contributed by atoms with Crippen LogP contribution in [0.2, 0.25) is 0 Å². The van der Waals surface area contributed by atoms with Crippen LogP contribution < -0.4 is 0 Å². The van der Waals surface area contributed by atoms with E-state index in [0.29, 0.717) is 11.8 Å². The van der Waals surface area contributed by atoms with E-state index < -0.39 is 5.60 Å². The lowest BCUT2D eigenvalue weighted by atomic mass is 9.93. The summed E-state index contributed by atoms with van der Waals surface area (Å²) in [5, 5.41) is 11.7. The standard InChI is InChI=1S/C12H11NO2/c1-12(15,8-14)11-4-2-3-9-7-13-6-5-10(9)11/h2-8,15H,1H3. The molecule has 1 N–H and O–H groups in total. The van der Waals surface area contributed by atoms with Gasteiger partial charge in [-0.3, -0.25) is 9.78 Å². The molecule has 3 nitrogen and oxygen atoms in total. The average Bonchev–Trinajstić information content (AvgIpc) is 2.28. The monoisotopic (exact) mass is 201 g/mol. The lowest BCUT2D eigenvalue weighted by Gasteiger charge is -2.18. The van der Waals surface area contributed by atoms with E-state index in [4.69, 9.17) is 0 Å². The van der Waals surface area contributed by atoms with Crippen molar-refractivity contribution in [1.82, 2.24) is 4.98 Å². The van der Waals surface area contributed by atoms with Gasteiger partial charge in [0.2, 0.25) is 0 Å². The Labute approximate surface area is 87.4 Å². The molecule has 1 atom stereocenters. The molecule has 0 radical (unpaired) electrons. The summed E-state index contributed by atoms with van der Waals surface area (Å²) >= 11 is 0. The molecule has 0 aliphatic carbocycles. The Hall–Kier alpha value is -1.74. The minimum absolute atomic E-state index is 0.544. The second kappa shape index (κ2) is 3.44. The molecular formula is C12H11NO2. The van der Waals surface area contributed by atoms with Gasteiger partial charge in [-0.05, 0) is 23.9 Å². The second-order valence-corrected chi connectivity index (χ2v) is 3.67. The van der Waals surface area contributed by atoms with Crippen molar-refractivity contribution < 1.29 is 9.90 Å². The normalized spacial score (nSPS) is 14.8. The number of hydrogen-bond donors (Lipinski definition) is 1. The van der Waals surface area contributed by atoms with Crippen LogP contribution in [-0.4, -0.2) is 16.4 Å². The van der Waals surface area contributed by atoms with Crippen LogP contribution in [0.5, 0.6) is 0 Å². The van der Waals surface area contributed by atoms with Crippen molar-refractivity contribution in [1.29, 1.82) is 0 Å². The van der Waals surface area contributed by atoms with Gasteiger partial charge in [-0.2, -0.15) is 0 Å². The van der Waals surface area contributed by atoms with Gasteiger partial charge in [0, 0.05) is 17.8 Å². The minimum Gasteiger partial charge on any atom is -0.378 e. The Bertz CT molecular complexity index is 500.